The second-order valence-electron chi connectivity index (χ2n) is 3.27. The molecule has 1 aliphatic rings. The summed E-state index contributed by atoms with van der Waals surface area (Å²) < 4.78 is 0. The molecule has 2 rings (SSSR count). The highest BCUT2D eigenvalue weighted by Crippen LogP contribution is 2.19. The van der Waals surface area contributed by atoms with Crippen molar-refractivity contribution in [3.05, 3.63) is 35.4 Å². The molecule has 0 aromatic heterocycles. The van der Waals surface area contributed by atoms with E-state index >= 15 is 0 Å². The number of likely N-dealkylation sites (N-methyl/N-ethyl adjacent to an activating group) is 1. The van der Waals surface area contributed by atoms with Gasteiger partial charge in [0.2, 0.25) is 0 Å². The van der Waals surface area contributed by atoms with Crippen LogP contribution in [0.4, 0.5) is 0 Å². The lowest BCUT2D eigenvalue weighted by atomic mass is 10.1. The zero-order chi connectivity index (χ0) is 7.68. The van der Waals surface area contributed by atoms with E-state index in [0.29, 0.717) is 0 Å². The van der Waals surface area contributed by atoms with E-state index in [0.717, 1.165) is 6.04 Å². The van der Waals surface area contributed by atoms with Crippen LogP contribution >= 0.6 is 0 Å². The van der Waals surface area contributed by atoms with Gasteiger partial charge in [-0.3, -0.25) is 0 Å². The third kappa shape index (κ3) is 1.16. The first kappa shape index (κ1) is 6.86. The van der Waals surface area contributed by atoms with Gasteiger partial charge in [-0.1, -0.05) is 24.3 Å². The highest BCUT2D eigenvalue weighted by Gasteiger charge is 2.21. The molecule has 0 atom stereocenters. The van der Waals surface area contributed by atoms with Crippen LogP contribution in [0.15, 0.2) is 24.3 Å². The molecule has 1 heteroatoms. The topological polar surface area (TPSA) is 16.6 Å². The number of hydrogen-bond donors (Lipinski definition) is 1. The standard InChI is InChI=1S/C10H13N/c1-11-10-6-8-4-2-3-5-9(8)7-10/h2-5,10-11H,6-7H2,1H3/p+1. The molecule has 0 spiro atoms. The monoisotopic (exact) mass is 148 g/mol. The molecule has 0 saturated heterocycles. The predicted molar refractivity (Wildman–Crippen MR) is 45.5 cm³/mol. The van der Waals surface area contributed by atoms with Crippen molar-refractivity contribution in [2.24, 2.45) is 0 Å². The van der Waals surface area contributed by atoms with Crippen molar-refractivity contribution >= 4 is 0 Å². The highest BCUT2D eigenvalue weighted by molar-refractivity contribution is 5.32. The molecule has 1 aromatic rings. The first-order valence-electron chi connectivity index (χ1n) is 4.26. The SMILES string of the molecule is C[NH2+]C1Cc2ccccc2C1. The summed E-state index contributed by atoms with van der Waals surface area (Å²) in [4.78, 5) is 0. The maximum Gasteiger partial charge on any atom is 0.0938 e. The molecule has 0 saturated carbocycles. The molecule has 2 N–H and O–H groups in total. The largest absolute Gasteiger partial charge is 0.346 e. The Labute approximate surface area is 67.4 Å². The van der Waals surface area contributed by atoms with Crippen LogP contribution in [0.2, 0.25) is 0 Å². The normalized spacial score (nSPS) is 16.8. The van der Waals surface area contributed by atoms with E-state index in [1.165, 1.54) is 12.8 Å². The Morgan fingerprint density at radius 2 is 1.73 bits per heavy atom. The van der Waals surface area contributed by atoms with Crippen LogP contribution < -0.4 is 5.32 Å². The summed E-state index contributed by atoms with van der Waals surface area (Å²) in [5.74, 6) is 0. The van der Waals surface area contributed by atoms with Crippen molar-refractivity contribution in [2.45, 2.75) is 18.9 Å². The molecular formula is C10H14N+. The van der Waals surface area contributed by atoms with E-state index in [1.807, 2.05) is 0 Å². The van der Waals surface area contributed by atoms with Crippen molar-refractivity contribution in [1.82, 2.24) is 0 Å². The van der Waals surface area contributed by atoms with Crippen molar-refractivity contribution in [1.29, 1.82) is 0 Å². The van der Waals surface area contributed by atoms with Crippen molar-refractivity contribution < 1.29 is 5.32 Å². The number of quaternary nitrogens is 1. The average Bonchev–Trinajstić information content (AvgIpc) is 2.46. The van der Waals surface area contributed by atoms with Gasteiger partial charge in [-0.05, 0) is 11.1 Å². The number of hydrogen-bond acceptors (Lipinski definition) is 0. The fraction of sp³-hybridized carbons (Fsp3) is 0.400. The lowest BCUT2D eigenvalue weighted by molar-refractivity contribution is -0.661. The van der Waals surface area contributed by atoms with E-state index in [-0.39, 0.29) is 0 Å². The number of nitrogens with two attached hydrogens (primary N) is 1. The van der Waals surface area contributed by atoms with E-state index in [2.05, 4.69) is 36.6 Å². The Morgan fingerprint density at radius 1 is 1.18 bits per heavy atom. The van der Waals surface area contributed by atoms with Crippen LogP contribution in [-0.4, -0.2) is 13.1 Å². The molecule has 0 aliphatic heterocycles. The molecule has 1 aliphatic carbocycles. The zero-order valence-electron chi connectivity index (χ0n) is 6.88. The third-order valence-corrected chi connectivity index (χ3v) is 2.55. The van der Waals surface area contributed by atoms with Crippen molar-refractivity contribution in [3.63, 3.8) is 0 Å². The predicted octanol–water partition coefficient (Wildman–Crippen LogP) is 0.347. The van der Waals surface area contributed by atoms with Crippen LogP contribution in [0.3, 0.4) is 0 Å². The summed E-state index contributed by atoms with van der Waals surface area (Å²) in [5.41, 5.74) is 3.10. The van der Waals surface area contributed by atoms with Crippen molar-refractivity contribution in [2.75, 3.05) is 7.05 Å². The first-order valence-corrected chi connectivity index (χ1v) is 4.26. The summed E-state index contributed by atoms with van der Waals surface area (Å²) >= 11 is 0. The van der Waals surface area contributed by atoms with Gasteiger partial charge >= 0.3 is 0 Å². The molecule has 11 heavy (non-hydrogen) atoms. The number of fused-ring (bicyclic) bond motifs is 1. The summed E-state index contributed by atoms with van der Waals surface area (Å²) in [6, 6.07) is 9.57. The molecule has 0 bridgehead atoms. The second-order valence-corrected chi connectivity index (χ2v) is 3.27. The van der Waals surface area contributed by atoms with Gasteiger partial charge in [-0.25, -0.2) is 0 Å². The van der Waals surface area contributed by atoms with E-state index in [4.69, 9.17) is 0 Å². The van der Waals surface area contributed by atoms with Gasteiger partial charge in [0, 0.05) is 12.8 Å². The van der Waals surface area contributed by atoms with Gasteiger partial charge in [0.1, 0.15) is 0 Å². The Hall–Kier alpha value is -0.820. The molecule has 0 amide bonds. The third-order valence-electron chi connectivity index (χ3n) is 2.55. The fourth-order valence-corrected chi connectivity index (χ4v) is 1.83. The quantitative estimate of drug-likeness (QED) is 0.591. The molecule has 58 valence electrons. The fourth-order valence-electron chi connectivity index (χ4n) is 1.83. The lowest BCUT2D eigenvalue weighted by Crippen LogP contribution is -2.86. The Balaban J connectivity index is 2.27. The first-order chi connectivity index (χ1) is 5.40. The summed E-state index contributed by atoms with van der Waals surface area (Å²) in [6.07, 6.45) is 2.51. The van der Waals surface area contributed by atoms with Gasteiger partial charge in [0.15, 0.2) is 0 Å². The van der Waals surface area contributed by atoms with Crippen molar-refractivity contribution in [3.8, 4) is 0 Å². The number of rotatable bonds is 1. The van der Waals surface area contributed by atoms with E-state index < -0.39 is 0 Å². The van der Waals surface area contributed by atoms with Gasteiger partial charge in [-0.2, -0.15) is 0 Å². The minimum Gasteiger partial charge on any atom is -0.346 e. The van der Waals surface area contributed by atoms with Crippen LogP contribution in [0.5, 0.6) is 0 Å². The Bertz CT molecular complexity index is 230. The summed E-state index contributed by atoms with van der Waals surface area (Å²) in [7, 11) is 2.16. The lowest BCUT2D eigenvalue weighted by Gasteiger charge is -2.00. The van der Waals surface area contributed by atoms with E-state index in [9.17, 15) is 0 Å². The van der Waals surface area contributed by atoms with Crippen LogP contribution in [-0.2, 0) is 12.8 Å². The molecule has 0 fully saturated rings. The summed E-state index contributed by atoms with van der Waals surface area (Å²) in [5, 5.41) is 2.32. The minimum absolute atomic E-state index is 0.799. The molecule has 0 radical (unpaired) electrons. The zero-order valence-corrected chi connectivity index (χ0v) is 6.88. The minimum atomic E-state index is 0.799. The highest BCUT2D eigenvalue weighted by atomic mass is 14.9. The molecular weight excluding hydrogens is 134 g/mol. The van der Waals surface area contributed by atoms with Crippen LogP contribution in [0.25, 0.3) is 0 Å². The van der Waals surface area contributed by atoms with Gasteiger partial charge < -0.3 is 5.32 Å². The van der Waals surface area contributed by atoms with Crippen LogP contribution in [0, 0.1) is 0 Å². The second kappa shape index (κ2) is 2.67. The van der Waals surface area contributed by atoms with Crippen LogP contribution in [0.1, 0.15) is 11.1 Å². The maximum absolute atomic E-state index is 2.32. The average molecular weight is 148 g/mol. The summed E-state index contributed by atoms with van der Waals surface area (Å²) in [6.45, 7) is 0. The molecule has 1 aromatic carbocycles. The smallest absolute Gasteiger partial charge is 0.0938 e. The molecule has 0 heterocycles. The van der Waals surface area contributed by atoms with Gasteiger partial charge in [-0.15, -0.1) is 0 Å². The Morgan fingerprint density at radius 3 is 2.18 bits per heavy atom. The van der Waals surface area contributed by atoms with Gasteiger partial charge in [0.25, 0.3) is 0 Å². The Kier molecular flexibility index (Phi) is 1.66. The molecule has 1 nitrogen and oxygen atoms in total. The maximum atomic E-state index is 2.32. The number of benzene rings is 1. The molecule has 0 unspecified atom stereocenters. The van der Waals surface area contributed by atoms with E-state index in [1.54, 1.807) is 11.1 Å². The van der Waals surface area contributed by atoms with Gasteiger partial charge in [0.05, 0.1) is 13.1 Å².